The summed E-state index contributed by atoms with van der Waals surface area (Å²) >= 11 is 0. The molecule has 0 radical (unpaired) electrons. The number of pyridine rings is 1. The summed E-state index contributed by atoms with van der Waals surface area (Å²) < 4.78 is 19.7. The molecule has 3 rings (SSSR count). The summed E-state index contributed by atoms with van der Waals surface area (Å²) in [6.45, 7) is 4.98. The van der Waals surface area contributed by atoms with E-state index in [4.69, 9.17) is 10.5 Å². The molecule has 0 unspecified atom stereocenters. The van der Waals surface area contributed by atoms with Gasteiger partial charge in [0.25, 0.3) is 0 Å². The number of H-pyrrole nitrogens is 1. The van der Waals surface area contributed by atoms with Crippen molar-refractivity contribution in [2.75, 3.05) is 45.8 Å². The minimum Gasteiger partial charge on any atom is -0.476 e. The molecule has 11 heteroatoms. The number of aromatic nitrogens is 5. The van der Waals surface area contributed by atoms with Crippen LogP contribution in [0.4, 0.5) is 5.82 Å². The molecular weight excluding hydrogens is 393 g/mol. The molecule has 0 aromatic carbocycles. The van der Waals surface area contributed by atoms with Crippen molar-refractivity contribution in [1.82, 2.24) is 29.4 Å². The van der Waals surface area contributed by atoms with E-state index in [1.54, 1.807) is 18.9 Å². The monoisotopic (exact) mass is 419 g/mol. The highest BCUT2D eigenvalue weighted by atomic mass is 31.2. The molecule has 1 atom stereocenters. The summed E-state index contributed by atoms with van der Waals surface area (Å²) in [4.78, 5) is 30.0. The Balaban J connectivity index is 1.89. The molecule has 3 aromatic rings. The van der Waals surface area contributed by atoms with Gasteiger partial charge in [-0.2, -0.15) is 0 Å². The highest BCUT2D eigenvalue weighted by Crippen LogP contribution is 2.38. The number of ether oxygens (including phenoxy) is 1. The van der Waals surface area contributed by atoms with Crippen molar-refractivity contribution < 1.29 is 9.30 Å². The highest BCUT2D eigenvalue weighted by molar-refractivity contribution is 7.70. The molecule has 0 amide bonds. The Hall–Kier alpha value is -2.71. The number of nitrogens with two attached hydrogens (primary N) is 1. The van der Waals surface area contributed by atoms with E-state index in [1.807, 2.05) is 32.0 Å². The third-order valence-corrected chi connectivity index (χ3v) is 6.85. The van der Waals surface area contributed by atoms with E-state index < -0.39 is 7.14 Å². The average Bonchev–Trinajstić information content (AvgIpc) is 2.99. The number of hydrogen-bond acceptors (Lipinski definition) is 8. The quantitative estimate of drug-likeness (QED) is 0.511. The number of aromatic amines is 1. The summed E-state index contributed by atoms with van der Waals surface area (Å²) in [5, 5.41) is 0. The Kier molecular flexibility index (Phi) is 6.04. The maximum Gasteiger partial charge on any atom is 0.328 e. The lowest BCUT2D eigenvalue weighted by atomic mass is 10.3. The minimum absolute atomic E-state index is 0.110. The molecule has 0 spiro atoms. The van der Waals surface area contributed by atoms with E-state index >= 15 is 0 Å². The number of nitrogens with one attached hydrogen (secondary N) is 1. The van der Waals surface area contributed by atoms with Crippen molar-refractivity contribution in [2.24, 2.45) is 0 Å². The van der Waals surface area contributed by atoms with Crippen LogP contribution in [0.5, 0.6) is 5.88 Å². The van der Waals surface area contributed by atoms with E-state index in [2.05, 4.69) is 19.9 Å². The van der Waals surface area contributed by atoms with Gasteiger partial charge in [-0.05, 0) is 26.3 Å². The standard InChI is InChI=1S/C18H26N7O3P/c1-5-29(4,27)17-22-15(19)14-16(23-17)25(18(26)21-14)11-12-6-7-13(20-10-12)28-9-8-24(2)3/h6-7,10H,5,8-9,11H2,1-4H3,(H,21,26)(H2,19,22,23)/t29-/m0/s1. The molecule has 3 heterocycles. The maximum absolute atomic E-state index is 12.7. The predicted octanol–water partition coefficient (Wildman–Crippen LogP) is 0.724. The molecule has 0 fully saturated rings. The zero-order chi connectivity index (χ0) is 21.2. The predicted molar refractivity (Wildman–Crippen MR) is 114 cm³/mol. The van der Waals surface area contributed by atoms with Crippen LogP contribution < -0.4 is 21.7 Å². The number of anilines is 1. The second kappa shape index (κ2) is 8.34. The largest absolute Gasteiger partial charge is 0.476 e. The second-order valence-corrected chi connectivity index (χ2v) is 10.4. The normalized spacial score (nSPS) is 13.7. The van der Waals surface area contributed by atoms with Crippen LogP contribution in [0.1, 0.15) is 12.5 Å². The van der Waals surface area contributed by atoms with Crippen LogP contribution >= 0.6 is 7.14 Å². The van der Waals surface area contributed by atoms with Crippen LogP contribution in [0.2, 0.25) is 0 Å². The first-order chi connectivity index (χ1) is 13.7. The Morgan fingerprint density at radius 1 is 1.31 bits per heavy atom. The van der Waals surface area contributed by atoms with E-state index in [-0.39, 0.29) is 23.6 Å². The van der Waals surface area contributed by atoms with Crippen LogP contribution in [0.3, 0.4) is 0 Å². The summed E-state index contributed by atoms with van der Waals surface area (Å²) in [5.74, 6) is 0.629. The second-order valence-electron chi connectivity index (χ2n) is 7.20. The number of nitrogens with zero attached hydrogens (tertiary/aromatic N) is 5. The fraction of sp³-hybridized carbons (Fsp3) is 0.444. The summed E-state index contributed by atoms with van der Waals surface area (Å²) in [5.41, 5.74) is 7.26. The first-order valence-corrected chi connectivity index (χ1v) is 11.6. The molecule has 156 valence electrons. The fourth-order valence-corrected chi connectivity index (χ4v) is 3.55. The number of rotatable bonds is 8. The maximum atomic E-state index is 12.7. The van der Waals surface area contributed by atoms with Crippen molar-refractivity contribution in [3.8, 4) is 5.88 Å². The van der Waals surface area contributed by atoms with Crippen molar-refractivity contribution in [1.29, 1.82) is 0 Å². The van der Waals surface area contributed by atoms with Gasteiger partial charge in [0.2, 0.25) is 5.88 Å². The number of nitrogen functional groups attached to an aromatic ring is 1. The van der Waals surface area contributed by atoms with Gasteiger partial charge in [0.05, 0.1) is 6.54 Å². The first kappa shape index (κ1) is 21.0. The van der Waals surface area contributed by atoms with Gasteiger partial charge >= 0.3 is 5.69 Å². The molecule has 3 aromatic heterocycles. The molecule has 3 N–H and O–H groups in total. The van der Waals surface area contributed by atoms with Gasteiger partial charge in [0.1, 0.15) is 19.3 Å². The molecule has 0 aliphatic rings. The van der Waals surface area contributed by atoms with Crippen molar-refractivity contribution in [3.63, 3.8) is 0 Å². The Morgan fingerprint density at radius 3 is 2.69 bits per heavy atom. The Bertz CT molecular complexity index is 1110. The Morgan fingerprint density at radius 2 is 2.07 bits per heavy atom. The zero-order valence-corrected chi connectivity index (χ0v) is 17.9. The third kappa shape index (κ3) is 4.65. The first-order valence-electron chi connectivity index (χ1n) is 9.27. The molecule has 0 aliphatic carbocycles. The molecule has 0 aliphatic heterocycles. The smallest absolute Gasteiger partial charge is 0.328 e. The van der Waals surface area contributed by atoms with Gasteiger partial charge < -0.3 is 24.9 Å². The van der Waals surface area contributed by atoms with Crippen molar-refractivity contribution in [2.45, 2.75) is 13.5 Å². The molecule has 10 nitrogen and oxygen atoms in total. The summed E-state index contributed by atoms with van der Waals surface area (Å²) in [6.07, 6.45) is 2.06. The third-order valence-electron chi connectivity index (χ3n) is 4.59. The molecule has 0 saturated heterocycles. The van der Waals surface area contributed by atoms with Gasteiger partial charge in [-0.3, -0.25) is 4.57 Å². The number of hydrogen-bond donors (Lipinski definition) is 2. The highest BCUT2D eigenvalue weighted by Gasteiger charge is 2.23. The van der Waals surface area contributed by atoms with E-state index in [0.717, 1.165) is 12.1 Å². The fourth-order valence-electron chi connectivity index (χ4n) is 2.64. The van der Waals surface area contributed by atoms with Crippen LogP contribution in [0, 0.1) is 0 Å². The van der Waals surface area contributed by atoms with E-state index in [0.29, 0.717) is 29.8 Å². The average molecular weight is 419 g/mol. The summed E-state index contributed by atoms with van der Waals surface area (Å²) in [7, 11) is 1.20. The van der Waals surface area contributed by atoms with Gasteiger partial charge in [0, 0.05) is 25.0 Å². The van der Waals surface area contributed by atoms with Crippen LogP contribution in [0.15, 0.2) is 23.1 Å². The number of likely N-dealkylation sites (N-methyl/N-ethyl adjacent to an activating group) is 1. The topological polar surface area (TPSA) is 132 Å². The van der Waals surface area contributed by atoms with Crippen molar-refractivity contribution >= 4 is 29.7 Å². The molecule has 29 heavy (non-hydrogen) atoms. The zero-order valence-electron chi connectivity index (χ0n) is 17.0. The molecular formula is C18H26N7O3P. The van der Waals surface area contributed by atoms with Gasteiger partial charge in [-0.25, -0.2) is 19.7 Å². The van der Waals surface area contributed by atoms with Gasteiger partial charge in [0.15, 0.2) is 17.0 Å². The van der Waals surface area contributed by atoms with E-state index in [9.17, 15) is 9.36 Å². The van der Waals surface area contributed by atoms with Gasteiger partial charge in [-0.1, -0.05) is 13.0 Å². The minimum atomic E-state index is -2.74. The lowest BCUT2D eigenvalue weighted by Crippen LogP contribution is -2.21. The summed E-state index contributed by atoms with van der Waals surface area (Å²) in [6, 6.07) is 3.60. The lowest BCUT2D eigenvalue weighted by molar-refractivity contribution is 0.254. The molecule has 0 bridgehead atoms. The van der Waals surface area contributed by atoms with Gasteiger partial charge in [-0.15, -0.1) is 0 Å². The number of fused-ring (bicyclic) bond motifs is 1. The number of imidazole rings is 1. The van der Waals surface area contributed by atoms with Crippen LogP contribution in [-0.4, -0.2) is 69.5 Å². The van der Waals surface area contributed by atoms with E-state index in [1.165, 1.54) is 4.57 Å². The Labute approximate surface area is 168 Å². The molecule has 0 saturated carbocycles. The van der Waals surface area contributed by atoms with Crippen LogP contribution in [0.25, 0.3) is 11.2 Å². The SMILES string of the molecule is CC[P@](C)(=O)c1nc(N)c2[nH]c(=O)n(Cc3ccc(OCCN(C)C)nc3)c2n1. The van der Waals surface area contributed by atoms with Crippen LogP contribution in [-0.2, 0) is 11.1 Å². The lowest BCUT2D eigenvalue weighted by Gasteiger charge is -2.11. The van der Waals surface area contributed by atoms with Crippen molar-refractivity contribution in [3.05, 3.63) is 34.4 Å².